The molecule has 2 N–H and O–H groups in total. The van der Waals surface area contributed by atoms with Gasteiger partial charge in [0.1, 0.15) is 5.82 Å². The standard InChI is InChI=1S/C22H19FN2/c1-14-11-12-18(23)22-20(14)21-17(15(2)24)9-6-10-19(21)25(22)13-16-7-4-3-5-8-16/h3-12H,2,13,24H2,1H3. The summed E-state index contributed by atoms with van der Waals surface area (Å²) in [6, 6.07) is 19.4. The zero-order valence-corrected chi connectivity index (χ0v) is 14.1. The summed E-state index contributed by atoms with van der Waals surface area (Å²) in [6.45, 7) is 6.51. The first-order valence-electron chi connectivity index (χ1n) is 8.26. The maximum atomic E-state index is 14.8. The van der Waals surface area contributed by atoms with Gasteiger partial charge in [-0.05, 0) is 30.2 Å². The zero-order chi connectivity index (χ0) is 17.6. The summed E-state index contributed by atoms with van der Waals surface area (Å²) < 4.78 is 16.9. The van der Waals surface area contributed by atoms with Crippen LogP contribution in [0, 0.1) is 12.7 Å². The minimum atomic E-state index is -0.221. The lowest BCUT2D eigenvalue weighted by molar-refractivity contribution is 0.629. The fraction of sp³-hybridized carbons (Fsp3) is 0.0909. The van der Waals surface area contributed by atoms with Crippen molar-refractivity contribution in [3.8, 4) is 0 Å². The molecule has 0 aliphatic carbocycles. The Kier molecular flexibility index (Phi) is 3.57. The number of rotatable bonds is 3. The van der Waals surface area contributed by atoms with Crippen molar-refractivity contribution < 1.29 is 4.39 Å². The Hall–Kier alpha value is -3.07. The van der Waals surface area contributed by atoms with E-state index in [1.165, 1.54) is 6.07 Å². The van der Waals surface area contributed by atoms with Crippen molar-refractivity contribution in [1.29, 1.82) is 0 Å². The largest absolute Gasteiger partial charge is 0.399 e. The van der Waals surface area contributed by atoms with Crippen LogP contribution in [0.1, 0.15) is 16.7 Å². The Morgan fingerprint density at radius 3 is 2.48 bits per heavy atom. The van der Waals surface area contributed by atoms with E-state index in [2.05, 4.69) is 18.7 Å². The summed E-state index contributed by atoms with van der Waals surface area (Å²) in [4.78, 5) is 0. The molecule has 0 spiro atoms. The van der Waals surface area contributed by atoms with Crippen molar-refractivity contribution in [2.75, 3.05) is 0 Å². The van der Waals surface area contributed by atoms with Gasteiger partial charge in [-0.1, -0.05) is 55.1 Å². The number of benzene rings is 3. The van der Waals surface area contributed by atoms with Crippen molar-refractivity contribution >= 4 is 27.5 Å². The average molecular weight is 330 g/mol. The van der Waals surface area contributed by atoms with Gasteiger partial charge in [0, 0.05) is 28.6 Å². The van der Waals surface area contributed by atoms with Crippen molar-refractivity contribution in [1.82, 2.24) is 4.57 Å². The van der Waals surface area contributed by atoms with Gasteiger partial charge in [-0.2, -0.15) is 0 Å². The molecule has 0 radical (unpaired) electrons. The molecule has 3 heteroatoms. The highest BCUT2D eigenvalue weighted by atomic mass is 19.1. The number of fused-ring (bicyclic) bond motifs is 3. The Morgan fingerprint density at radius 1 is 1.00 bits per heavy atom. The fourth-order valence-corrected chi connectivity index (χ4v) is 3.59. The molecule has 0 fully saturated rings. The molecule has 0 saturated heterocycles. The van der Waals surface area contributed by atoms with E-state index in [0.29, 0.717) is 17.8 Å². The van der Waals surface area contributed by atoms with E-state index in [9.17, 15) is 4.39 Å². The van der Waals surface area contributed by atoms with E-state index >= 15 is 0 Å². The molecule has 0 atom stereocenters. The van der Waals surface area contributed by atoms with Crippen LogP contribution in [-0.2, 0) is 6.54 Å². The summed E-state index contributed by atoms with van der Waals surface area (Å²) in [5, 5.41) is 1.88. The zero-order valence-electron chi connectivity index (χ0n) is 14.1. The molecule has 0 unspecified atom stereocenters. The van der Waals surface area contributed by atoms with Crippen LogP contribution in [0.25, 0.3) is 27.5 Å². The van der Waals surface area contributed by atoms with Crippen LogP contribution >= 0.6 is 0 Å². The second-order valence-electron chi connectivity index (χ2n) is 6.38. The molecule has 25 heavy (non-hydrogen) atoms. The van der Waals surface area contributed by atoms with E-state index < -0.39 is 0 Å². The molecule has 3 aromatic carbocycles. The molecule has 0 aliphatic rings. The smallest absolute Gasteiger partial charge is 0.147 e. The molecule has 0 amide bonds. The molecule has 124 valence electrons. The van der Waals surface area contributed by atoms with Crippen molar-refractivity contribution in [2.24, 2.45) is 5.73 Å². The highest BCUT2D eigenvalue weighted by molar-refractivity contribution is 6.14. The molecule has 4 rings (SSSR count). The van der Waals surface area contributed by atoms with Gasteiger partial charge < -0.3 is 10.3 Å². The van der Waals surface area contributed by atoms with Crippen molar-refractivity contribution in [3.05, 3.63) is 89.8 Å². The van der Waals surface area contributed by atoms with Gasteiger partial charge in [-0.15, -0.1) is 0 Å². The predicted molar refractivity (Wildman–Crippen MR) is 103 cm³/mol. The lowest BCUT2D eigenvalue weighted by Crippen LogP contribution is -2.01. The minimum absolute atomic E-state index is 0.221. The van der Waals surface area contributed by atoms with Gasteiger partial charge in [-0.25, -0.2) is 4.39 Å². The summed E-state index contributed by atoms with van der Waals surface area (Å²) in [5.74, 6) is -0.221. The van der Waals surface area contributed by atoms with Crippen LogP contribution in [0.15, 0.2) is 67.2 Å². The summed E-state index contributed by atoms with van der Waals surface area (Å²) >= 11 is 0. The lowest BCUT2D eigenvalue weighted by atomic mass is 10.0. The van der Waals surface area contributed by atoms with Crippen molar-refractivity contribution in [2.45, 2.75) is 13.5 Å². The van der Waals surface area contributed by atoms with Crippen LogP contribution < -0.4 is 5.73 Å². The third kappa shape index (κ3) is 2.40. The first-order chi connectivity index (χ1) is 12.1. The monoisotopic (exact) mass is 330 g/mol. The quantitative estimate of drug-likeness (QED) is 0.548. The molecule has 1 heterocycles. The van der Waals surface area contributed by atoms with Gasteiger partial charge in [-0.3, -0.25) is 0 Å². The Labute approximate surface area is 146 Å². The number of halogens is 1. The van der Waals surface area contributed by atoms with E-state index in [0.717, 1.165) is 33.0 Å². The van der Waals surface area contributed by atoms with Gasteiger partial charge in [0.25, 0.3) is 0 Å². The number of aryl methyl sites for hydroxylation is 1. The molecule has 0 saturated carbocycles. The molecule has 2 nitrogen and oxygen atoms in total. The lowest BCUT2D eigenvalue weighted by Gasteiger charge is -2.09. The minimum Gasteiger partial charge on any atom is -0.399 e. The Balaban J connectivity index is 2.15. The van der Waals surface area contributed by atoms with Gasteiger partial charge in [0.15, 0.2) is 0 Å². The third-order valence-electron chi connectivity index (χ3n) is 4.72. The Morgan fingerprint density at radius 2 is 1.76 bits per heavy atom. The van der Waals surface area contributed by atoms with Crippen LogP contribution in [-0.4, -0.2) is 4.57 Å². The van der Waals surface area contributed by atoms with E-state index in [-0.39, 0.29) is 5.82 Å². The van der Waals surface area contributed by atoms with Crippen LogP contribution in [0.3, 0.4) is 0 Å². The number of aromatic nitrogens is 1. The molecular weight excluding hydrogens is 311 g/mol. The highest BCUT2D eigenvalue weighted by Crippen LogP contribution is 2.37. The van der Waals surface area contributed by atoms with Gasteiger partial charge in [0.05, 0.1) is 11.0 Å². The normalized spacial score (nSPS) is 11.3. The second kappa shape index (κ2) is 5.78. The summed E-state index contributed by atoms with van der Waals surface area (Å²) in [6.07, 6.45) is 0. The highest BCUT2D eigenvalue weighted by Gasteiger charge is 2.19. The first-order valence-corrected chi connectivity index (χ1v) is 8.26. The van der Waals surface area contributed by atoms with Gasteiger partial charge >= 0.3 is 0 Å². The van der Waals surface area contributed by atoms with Crippen LogP contribution in [0.4, 0.5) is 4.39 Å². The Bertz CT molecular complexity index is 1110. The third-order valence-corrected chi connectivity index (χ3v) is 4.72. The van der Waals surface area contributed by atoms with E-state index in [4.69, 9.17) is 5.73 Å². The molecular formula is C22H19FN2. The predicted octanol–water partition coefficient (Wildman–Crippen LogP) is 5.22. The van der Waals surface area contributed by atoms with E-state index in [1.54, 1.807) is 0 Å². The molecule has 0 aliphatic heterocycles. The van der Waals surface area contributed by atoms with Crippen LogP contribution in [0.2, 0.25) is 0 Å². The number of hydrogen-bond acceptors (Lipinski definition) is 1. The maximum absolute atomic E-state index is 14.8. The molecule has 4 aromatic rings. The summed E-state index contributed by atoms with van der Waals surface area (Å²) in [5.41, 5.74) is 11.1. The number of nitrogens with zero attached hydrogens (tertiary/aromatic N) is 1. The van der Waals surface area contributed by atoms with Crippen LogP contribution in [0.5, 0.6) is 0 Å². The molecule has 0 bridgehead atoms. The van der Waals surface area contributed by atoms with E-state index in [1.807, 2.05) is 54.0 Å². The summed E-state index contributed by atoms with van der Waals surface area (Å²) in [7, 11) is 0. The first kappa shape index (κ1) is 15.5. The second-order valence-corrected chi connectivity index (χ2v) is 6.38. The molecule has 1 aromatic heterocycles. The van der Waals surface area contributed by atoms with Gasteiger partial charge in [0.2, 0.25) is 0 Å². The fourth-order valence-electron chi connectivity index (χ4n) is 3.59. The van der Waals surface area contributed by atoms with Crippen molar-refractivity contribution in [3.63, 3.8) is 0 Å². The topological polar surface area (TPSA) is 30.9 Å². The SMILES string of the molecule is C=C(N)c1cccc2c1c1c(C)ccc(F)c1n2Cc1ccccc1. The average Bonchev–Trinajstić information content (AvgIpc) is 2.95. The number of nitrogens with two attached hydrogens (primary N) is 1. The maximum Gasteiger partial charge on any atom is 0.147 e. The number of hydrogen-bond donors (Lipinski definition) is 1.